The Balaban J connectivity index is 2.33. The molecular weight excluding hydrogens is 249 g/mol. The van der Waals surface area contributed by atoms with E-state index in [1.54, 1.807) is 17.5 Å². The Morgan fingerprint density at radius 3 is 3.00 bits per heavy atom. The molecule has 16 heavy (non-hydrogen) atoms. The molecule has 0 atom stereocenters. The molecule has 0 N–H and O–H groups in total. The summed E-state index contributed by atoms with van der Waals surface area (Å²) in [6.07, 6.45) is 7.99. The molecule has 0 unspecified atom stereocenters. The van der Waals surface area contributed by atoms with Crippen LogP contribution in [0.25, 0.3) is 5.57 Å². The van der Waals surface area contributed by atoms with Gasteiger partial charge in [0.2, 0.25) is 0 Å². The molecule has 0 fully saturated rings. The van der Waals surface area contributed by atoms with E-state index in [1.165, 1.54) is 0 Å². The first-order valence-corrected chi connectivity index (χ1v) is 5.81. The Hall–Kier alpha value is -1.26. The largest absolute Gasteiger partial charge is 0.360 e. The summed E-state index contributed by atoms with van der Waals surface area (Å²) < 4.78 is 12.4. The molecule has 0 aromatic carbocycles. The van der Waals surface area contributed by atoms with Gasteiger partial charge in [-0.1, -0.05) is 29.8 Å². The highest BCUT2D eigenvalue weighted by Gasteiger charge is 2.11. The monoisotopic (exact) mass is 255 g/mol. The third-order valence-corrected chi connectivity index (χ3v) is 3.12. The van der Waals surface area contributed by atoms with Crippen LogP contribution in [0.4, 0.5) is 4.39 Å². The van der Waals surface area contributed by atoms with Crippen molar-refractivity contribution >= 4 is 34.5 Å². The number of hydrogen-bond acceptors (Lipinski definition) is 3. The minimum atomic E-state index is -1.50. The highest BCUT2D eigenvalue weighted by Crippen LogP contribution is 2.23. The van der Waals surface area contributed by atoms with E-state index in [0.29, 0.717) is 12.1 Å². The van der Waals surface area contributed by atoms with Gasteiger partial charge in [-0.3, -0.25) is 4.79 Å². The van der Waals surface area contributed by atoms with E-state index in [9.17, 15) is 9.18 Å². The minimum absolute atomic E-state index is 0.122. The standard InChI is InChI=1S/C11H7ClFNOS/c12-8-3-1-2-7(4-5-8)9-6-16-11(14-9)10(13)15/h1-2,4-6H,3H2. The fraction of sp³-hybridized carbons (Fsp3) is 0.0909. The first-order valence-electron chi connectivity index (χ1n) is 4.55. The number of carbonyl (C=O) groups is 1. The van der Waals surface area contributed by atoms with Gasteiger partial charge in [0.25, 0.3) is 0 Å². The zero-order valence-corrected chi connectivity index (χ0v) is 9.69. The summed E-state index contributed by atoms with van der Waals surface area (Å²) in [5.41, 5.74) is 1.41. The third-order valence-electron chi connectivity index (χ3n) is 2.02. The van der Waals surface area contributed by atoms with Gasteiger partial charge in [-0.25, -0.2) is 4.98 Å². The van der Waals surface area contributed by atoms with Gasteiger partial charge in [-0.2, -0.15) is 4.39 Å². The lowest BCUT2D eigenvalue weighted by molar-refractivity contribution is 0.0835. The zero-order chi connectivity index (χ0) is 11.5. The summed E-state index contributed by atoms with van der Waals surface area (Å²) in [7, 11) is 0. The van der Waals surface area contributed by atoms with Crippen molar-refractivity contribution in [1.82, 2.24) is 4.98 Å². The number of hydrogen-bond donors (Lipinski definition) is 0. The lowest BCUT2D eigenvalue weighted by Crippen LogP contribution is -1.89. The van der Waals surface area contributed by atoms with Gasteiger partial charge in [0.05, 0.1) is 5.69 Å². The highest BCUT2D eigenvalue weighted by molar-refractivity contribution is 7.11. The van der Waals surface area contributed by atoms with Crippen LogP contribution in [0.15, 0.2) is 34.7 Å². The van der Waals surface area contributed by atoms with Crippen LogP contribution in [0.3, 0.4) is 0 Å². The molecule has 0 amide bonds. The Morgan fingerprint density at radius 2 is 2.31 bits per heavy atom. The van der Waals surface area contributed by atoms with Crippen LogP contribution < -0.4 is 0 Å². The van der Waals surface area contributed by atoms with Gasteiger partial charge in [0.1, 0.15) is 0 Å². The quantitative estimate of drug-likeness (QED) is 0.754. The summed E-state index contributed by atoms with van der Waals surface area (Å²) >= 11 is 6.86. The molecule has 1 aliphatic carbocycles. The fourth-order valence-electron chi connectivity index (χ4n) is 1.27. The van der Waals surface area contributed by atoms with Gasteiger partial charge in [-0.05, 0) is 6.08 Å². The normalized spacial score (nSPS) is 15.4. The van der Waals surface area contributed by atoms with E-state index < -0.39 is 6.04 Å². The van der Waals surface area contributed by atoms with Crippen molar-refractivity contribution in [3.05, 3.63) is 45.4 Å². The van der Waals surface area contributed by atoms with Crippen molar-refractivity contribution < 1.29 is 9.18 Å². The molecule has 5 heteroatoms. The molecule has 1 heterocycles. The zero-order valence-electron chi connectivity index (χ0n) is 8.11. The molecule has 82 valence electrons. The molecule has 1 aromatic rings. The van der Waals surface area contributed by atoms with Gasteiger partial charge < -0.3 is 0 Å². The maximum atomic E-state index is 12.4. The highest BCUT2D eigenvalue weighted by atomic mass is 35.5. The number of nitrogens with zero attached hydrogens (tertiary/aromatic N) is 1. The average molecular weight is 256 g/mol. The summed E-state index contributed by atoms with van der Waals surface area (Å²) in [5.74, 6) is 0. The summed E-state index contributed by atoms with van der Waals surface area (Å²) in [4.78, 5) is 14.4. The number of halogens is 2. The van der Waals surface area contributed by atoms with Crippen molar-refractivity contribution in [2.24, 2.45) is 0 Å². The number of carbonyl (C=O) groups excluding carboxylic acids is 1. The first-order chi connectivity index (χ1) is 7.66. The second-order valence-corrected chi connectivity index (χ2v) is 4.50. The van der Waals surface area contributed by atoms with Crippen LogP contribution in [0.2, 0.25) is 0 Å². The summed E-state index contributed by atoms with van der Waals surface area (Å²) in [6, 6.07) is -1.50. The van der Waals surface area contributed by atoms with Gasteiger partial charge in [0.15, 0.2) is 5.01 Å². The third kappa shape index (κ3) is 2.46. The van der Waals surface area contributed by atoms with Crippen LogP contribution in [-0.2, 0) is 0 Å². The van der Waals surface area contributed by atoms with Crippen molar-refractivity contribution in [3.63, 3.8) is 0 Å². The van der Waals surface area contributed by atoms with E-state index in [-0.39, 0.29) is 5.01 Å². The molecule has 0 saturated carbocycles. The van der Waals surface area contributed by atoms with E-state index in [0.717, 1.165) is 21.9 Å². The Labute approximate surface area is 101 Å². The first kappa shape index (κ1) is 11.2. The second-order valence-electron chi connectivity index (χ2n) is 3.15. The predicted octanol–water partition coefficient (Wildman–Crippen LogP) is 3.72. The van der Waals surface area contributed by atoms with Crippen molar-refractivity contribution in [3.8, 4) is 0 Å². The van der Waals surface area contributed by atoms with Crippen LogP contribution >= 0.6 is 22.9 Å². The Morgan fingerprint density at radius 1 is 1.50 bits per heavy atom. The number of thiazole rings is 1. The number of rotatable bonds is 2. The van der Waals surface area contributed by atoms with Gasteiger partial charge >= 0.3 is 6.04 Å². The lowest BCUT2D eigenvalue weighted by atomic mass is 10.2. The van der Waals surface area contributed by atoms with Crippen LogP contribution in [0.5, 0.6) is 0 Å². The van der Waals surface area contributed by atoms with E-state index >= 15 is 0 Å². The van der Waals surface area contributed by atoms with Gasteiger partial charge in [-0.15, -0.1) is 11.3 Å². The fourth-order valence-corrected chi connectivity index (χ4v) is 2.08. The summed E-state index contributed by atoms with van der Waals surface area (Å²) in [5, 5.41) is 2.25. The molecule has 1 aliphatic rings. The van der Waals surface area contributed by atoms with E-state index in [4.69, 9.17) is 11.6 Å². The number of allylic oxidation sites excluding steroid dienone is 6. The maximum absolute atomic E-state index is 12.4. The molecular formula is C11H7ClFNOS. The second kappa shape index (κ2) is 4.72. The smallest absolute Gasteiger partial charge is 0.253 e. The topological polar surface area (TPSA) is 30.0 Å². The van der Waals surface area contributed by atoms with Crippen molar-refractivity contribution in [2.75, 3.05) is 0 Å². The van der Waals surface area contributed by atoms with Gasteiger partial charge in [0, 0.05) is 22.4 Å². The minimum Gasteiger partial charge on any atom is -0.253 e. The molecule has 1 aromatic heterocycles. The maximum Gasteiger partial charge on any atom is 0.360 e. The van der Waals surface area contributed by atoms with E-state index in [2.05, 4.69) is 4.98 Å². The van der Waals surface area contributed by atoms with Crippen LogP contribution in [0, 0.1) is 0 Å². The average Bonchev–Trinajstić information content (AvgIpc) is 2.63. The molecule has 0 saturated heterocycles. The summed E-state index contributed by atoms with van der Waals surface area (Å²) in [6.45, 7) is 0. The van der Waals surface area contributed by atoms with Crippen LogP contribution in [0.1, 0.15) is 21.9 Å². The van der Waals surface area contributed by atoms with E-state index in [1.807, 2.05) is 12.2 Å². The molecule has 0 bridgehead atoms. The molecule has 0 radical (unpaired) electrons. The van der Waals surface area contributed by atoms with Crippen molar-refractivity contribution in [1.29, 1.82) is 0 Å². The Kier molecular flexibility index (Phi) is 3.31. The van der Waals surface area contributed by atoms with Crippen molar-refractivity contribution in [2.45, 2.75) is 6.42 Å². The van der Waals surface area contributed by atoms with Crippen LogP contribution in [-0.4, -0.2) is 11.0 Å². The lowest BCUT2D eigenvalue weighted by Gasteiger charge is -1.93. The Bertz CT molecular complexity index is 516. The number of aromatic nitrogens is 1. The molecule has 0 aliphatic heterocycles. The molecule has 2 nitrogen and oxygen atoms in total. The predicted molar refractivity (Wildman–Crippen MR) is 63.2 cm³/mol. The SMILES string of the molecule is O=C(F)c1nc(C2=CC=C(Cl)CC=C2)cs1. The molecule has 2 rings (SSSR count). The molecule has 0 spiro atoms.